The molecule has 58 valence electrons. The minimum absolute atomic E-state index is 0.667. The fourth-order valence-corrected chi connectivity index (χ4v) is 0.734. The molecule has 0 nitrogen and oxygen atoms in total. The normalized spacial score (nSPS) is 13.5. The van der Waals surface area contributed by atoms with Gasteiger partial charge in [0.1, 0.15) is 0 Å². The highest BCUT2D eigenvalue weighted by atomic mass is 13.9. The van der Waals surface area contributed by atoms with Crippen molar-refractivity contribution in [3.8, 4) is 0 Å². The van der Waals surface area contributed by atoms with Gasteiger partial charge in [0, 0.05) is 0 Å². The van der Waals surface area contributed by atoms with E-state index in [0.717, 1.165) is 6.42 Å². The molecule has 0 aromatic carbocycles. The van der Waals surface area contributed by atoms with Crippen LogP contribution in [0, 0.1) is 5.92 Å². The van der Waals surface area contributed by atoms with Crippen LogP contribution in [0.1, 0.15) is 34.1 Å². The van der Waals surface area contributed by atoms with E-state index in [1.54, 1.807) is 0 Å². The summed E-state index contributed by atoms with van der Waals surface area (Å²) in [7, 11) is 0. The average Bonchev–Trinajstić information content (AvgIpc) is 1.85. The lowest BCUT2D eigenvalue weighted by Gasteiger charge is -1.93. The maximum absolute atomic E-state index is 2.24. The third kappa shape index (κ3) is 5.61. The molecule has 0 bridgehead atoms. The van der Waals surface area contributed by atoms with Crippen LogP contribution < -0.4 is 0 Å². The highest BCUT2D eigenvalue weighted by molar-refractivity contribution is 5.15. The molecule has 0 radical (unpaired) electrons. The predicted molar refractivity (Wildman–Crippen MR) is 48.0 cm³/mol. The van der Waals surface area contributed by atoms with Crippen molar-refractivity contribution in [2.24, 2.45) is 5.92 Å². The number of allylic oxidation sites excluding steroid dienone is 4. The predicted octanol–water partition coefficient (Wildman–Crippen LogP) is 3.55. The standard InChI is InChI=1S/C10H18/c1-5-6-10(4)8-7-9(2)3/h6-9H,5H2,1-4H3/b8-7+,10-6+. The molecule has 0 amide bonds. The van der Waals surface area contributed by atoms with Crippen molar-refractivity contribution in [3.05, 3.63) is 23.8 Å². The first-order valence-electron chi connectivity index (χ1n) is 4.01. The van der Waals surface area contributed by atoms with Gasteiger partial charge in [0.05, 0.1) is 0 Å². The highest BCUT2D eigenvalue weighted by Crippen LogP contribution is 2.01. The molecule has 0 heterocycles. The molecule has 0 heteroatoms. The fraction of sp³-hybridized carbons (Fsp3) is 0.600. The molecule has 0 rings (SSSR count). The van der Waals surface area contributed by atoms with Gasteiger partial charge in [-0.05, 0) is 19.3 Å². The lowest BCUT2D eigenvalue weighted by atomic mass is 10.1. The van der Waals surface area contributed by atoms with Crippen molar-refractivity contribution >= 4 is 0 Å². The van der Waals surface area contributed by atoms with Gasteiger partial charge in [0.15, 0.2) is 0 Å². The SMILES string of the molecule is CC/C=C(C)/C=C/C(C)C. The molecule has 0 aromatic heterocycles. The Morgan fingerprint density at radius 2 is 2.00 bits per heavy atom. The van der Waals surface area contributed by atoms with Gasteiger partial charge in [-0.15, -0.1) is 0 Å². The smallest absolute Gasteiger partial charge is 0.0287 e. The van der Waals surface area contributed by atoms with E-state index in [4.69, 9.17) is 0 Å². The van der Waals surface area contributed by atoms with Crippen LogP contribution in [0.4, 0.5) is 0 Å². The van der Waals surface area contributed by atoms with Crippen molar-refractivity contribution in [1.82, 2.24) is 0 Å². The molecular weight excluding hydrogens is 120 g/mol. The summed E-state index contributed by atoms with van der Waals surface area (Å²) in [4.78, 5) is 0. The Morgan fingerprint density at radius 1 is 1.40 bits per heavy atom. The molecule has 0 aliphatic heterocycles. The van der Waals surface area contributed by atoms with Gasteiger partial charge >= 0.3 is 0 Å². The van der Waals surface area contributed by atoms with Crippen LogP contribution in [0.15, 0.2) is 23.8 Å². The molecule has 0 N–H and O–H groups in total. The summed E-state index contributed by atoms with van der Waals surface area (Å²) < 4.78 is 0. The lowest BCUT2D eigenvalue weighted by molar-refractivity contribution is 0.830. The summed E-state index contributed by atoms with van der Waals surface area (Å²) >= 11 is 0. The monoisotopic (exact) mass is 138 g/mol. The molecule has 0 atom stereocenters. The van der Waals surface area contributed by atoms with E-state index in [0.29, 0.717) is 5.92 Å². The van der Waals surface area contributed by atoms with E-state index in [2.05, 4.69) is 45.9 Å². The van der Waals surface area contributed by atoms with Crippen molar-refractivity contribution < 1.29 is 0 Å². The van der Waals surface area contributed by atoms with Gasteiger partial charge in [-0.25, -0.2) is 0 Å². The van der Waals surface area contributed by atoms with Crippen molar-refractivity contribution in [3.63, 3.8) is 0 Å². The molecule has 0 saturated carbocycles. The minimum Gasteiger partial charge on any atom is -0.0819 e. The summed E-state index contributed by atoms with van der Waals surface area (Å²) in [6, 6.07) is 0. The van der Waals surface area contributed by atoms with Gasteiger partial charge in [0.2, 0.25) is 0 Å². The number of rotatable bonds is 3. The van der Waals surface area contributed by atoms with Crippen LogP contribution in [0.25, 0.3) is 0 Å². The van der Waals surface area contributed by atoms with E-state index in [1.165, 1.54) is 5.57 Å². The molecule has 0 aromatic rings. The van der Waals surface area contributed by atoms with Crippen LogP contribution in [0.2, 0.25) is 0 Å². The van der Waals surface area contributed by atoms with E-state index in [1.807, 2.05) is 0 Å². The highest BCUT2D eigenvalue weighted by Gasteiger charge is 1.83. The first-order valence-corrected chi connectivity index (χ1v) is 4.01. The third-order valence-corrected chi connectivity index (χ3v) is 1.27. The van der Waals surface area contributed by atoms with Gasteiger partial charge in [-0.2, -0.15) is 0 Å². The summed E-state index contributed by atoms with van der Waals surface area (Å²) in [5, 5.41) is 0. The van der Waals surface area contributed by atoms with Gasteiger partial charge in [-0.3, -0.25) is 0 Å². The maximum atomic E-state index is 2.24. The second-order valence-corrected chi connectivity index (χ2v) is 2.96. The Bertz CT molecular complexity index is 127. The Kier molecular flexibility index (Phi) is 5.00. The minimum atomic E-state index is 0.667. The van der Waals surface area contributed by atoms with Gasteiger partial charge < -0.3 is 0 Å². The van der Waals surface area contributed by atoms with E-state index in [9.17, 15) is 0 Å². The Hall–Kier alpha value is -0.520. The maximum Gasteiger partial charge on any atom is -0.0287 e. The zero-order chi connectivity index (χ0) is 7.98. The first-order chi connectivity index (χ1) is 4.66. The average molecular weight is 138 g/mol. The first kappa shape index (κ1) is 9.48. The van der Waals surface area contributed by atoms with E-state index < -0.39 is 0 Å². The molecule has 0 fully saturated rings. The third-order valence-electron chi connectivity index (χ3n) is 1.27. The van der Waals surface area contributed by atoms with Crippen molar-refractivity contribution in [2.75, 3.05) is 0 Å². The van der Waals surface area contributed by atoms with Crippen molar-refractivity contribution in [2.45, 2.75) is 34.1 Å². The summed E-state index contributed by atoms with van der Waals surface area (Å²) in [5.74, 6) is 0.667. The number of hydrogen-bond acceptors (Lipinski definition) is 0. The zero-order valence-corrected chi connectivity index (χ0v) is 7.52. The summed E-state index contributed by atoms with van der Waals surface area (Å²) in [6.45, 7) is 8.68. The summed E-state index contributed by atoms with van der Waals surface area (Å²) in [6.07, 6.45) is 7.78. The molecular formula is C10H18. The molecule has 0 aliphatic rings. The van der Waals surface area contributed by atoms with E-state index in [-0.39, 0.29) is 0 Å². The molecule has 0 aliphatic carbocycles. The molecule has 0 spiro atoms. The van der Waals surface area contributed by atoms with Crippen LogP contribution >= 0.6 is 0 Å². The molecule has 10 heavy (non-hydrogen) atoms. The van der Waals surface area contributed by atoms with Crippen LogP contribution in [0.5, 0.6) is 0 Å². The quantitative estimate of drug-likeness (QED) is 0.523. The second kappa shape index (κ2) is 5.28. The van der Waals surface area contributed by atoms with Crippen molar-refractivity contribution in [1.29, 1.82) is 0 Å². The Balaban J connectivity index is 3.77. The fourth-order valence-electron chi connectivity index (χ4n) is 0.734. The lowest BCUT2D eigenvalue weighted by Crippen LogP contribution is -1.77. The molecule has 0 unspecified atom stereocenters. The second-order valence-electron chi connectivity index (χ2n) is 2.96. The molecule has 0 saturated heterocycles. The van der Waals surface area contributed by atoms with Gasteiger partial charge in [-0.1, -0.05) is 44.6 Å². The van der Waals surface area contributed by atoms with Crippen LogP contribution in [-0.2, 0) is 0 Å². The summed E-state index contributed by atoms with van der Waals surface area (Å²) in [5.41, 5.74) is 1.37. The van der Waals surface area contributed by atoms with Gasteiger partial charge in [0.25, 0.3) is 0 Å². The van der Waals surface area contributed by atoms with E-state index >= 15 is 0 Å². The zero-order valence-electron chi connectivity index (χ0n) is 7.52. The largest absolute Gasteiger partial charge is 0.0819 e. The van der Waals surface area contributed by atoms with Crippen LogP contribution in [0.3, 0.4) is 0 Å². The Labute approximate surface area is 64.6 Å². The topological polar surface area (TPSA) is 0 Å². The van der Waals surface area contributed by atoms with Crippen LogP contribution in [-0.4, -0.2) is 0 Å². The number of hydrogen-bond donors (Lipinski definition) is 0. The Morgan fingerprint density at radius 3 is 2.40 bits per heavy atom.